The van der Waals surface area contributed by atoms with Gasteiger partial charge < -0.3 is 4.74 Å². The SMILES string of the molecule is O=C(C=Cc1ccc(OCc2ccccc2)cc1)Nc1nc(-c2cccc([N+](=O)[O-])c2)cs1. The average Bonchev–Trinajstić information content (AvgIpc) is 3.31. The van der Waals surface area contributed by atoms with E-state index in [1.807, 2.05) is 54.6 Å². The summed E-state index contributed by atoms with van der Waals surface area (Å²) >= 11 is 1.25. The second-order valence-electron chi connectivity index (χ2n) is 7.01. The highest BCUT2D eigenvalue weighted by Crippen LogP contribution is 2.27. The van der Waals surface area contributed by atoms with Crippen molar-refractivity contribution in [1.29, 1.82) is 0 Å². The van der Waals surface area contributed by atoms with Crippen LogP contribution in [0.15, 0.2) is 90.3 Å². The van der Waals surface area contributed by atoms with Crippen molar-refractivity contribution in [2.75, 3.05) is 5.32 Å². The summed E-state index contributed by atoms with van der Waals surface area (Å²) in [6, 6.07) is 23.6. The molecule has 1 heterocycles. The topological polar surface area (TPSA) is 94.4 Å². The van der Waals surface area contributed by atoms with Gasteiger partial charge in [0, 0.05) is 29.2 Å². The molecular formula is C25H19N3O4S. The van der Waals surface area contributed by atoms with Gasteiger partial charge in [0.1, 0.15) is 12.4 Å². The number of benzene rings is 3. The molecule has 1 aromatic heterocycles. The minimum atomic E-state index is -0.453. The second-order valence-corrected chi connectivity index (χ2v) is 7.87. The van der Waals surface area contributed by atoms with E-state index in [4.69, 9.17) is 4.74 Å². The predicted molar refractivity (Wildman–Crippen MR) is 129 cm³/mol. The van der Waals surface area contributed by atoms with Gasteiger partial charge in [-0.3, -0.25) is 20.2 Å². The normalized spacial score (nSPS) is 10.8. The van der Waals surface area contributed by atoms with E-state index >= 15 is 0 Å². The number of carbonyl (C=O) groups is 1. The lowest BCUT2D eigenvalue weighted by molar-refractivity contribution is -0.384. The van der Waals surface area contributed by atoms with Gasteiger partial charge in [0.2, 0.25) is 5.91 Å². The zero-order valence-corrected chi connectivity index (χ0v) is 18.2. The summed E-state index contributed by atoms with van der Waals surface area (Å²) in [4.78, 5) is 27.1. The molecule has 1 amide bonds. The Balaban J connectivity index is 1.32. The number of amides is 1. The minimum absolute atomic E-state index is 0.00879. The molecule has 0 aliphatic heterocycles. The molecule has 0 radical (unpaired) electrons. The Morgan fingerprint density at radius 2 is 1.85 bits per heavy atom. The maximum absolute atomic E-state index is 12.3. The number of nitro benzene ring substituents is 1. The van der Waals surface area contributed by atoms with Crippen molar-refractivity contribution in [2.24, 2.45) is 0 Å². The summed E-state index contributed by atoms with van der Waals surface area (Å²) in [6.45, 7) is 0.491. The standard InChI is InChI=1S/C25H19N3O4S/c29-24(27-25-26-23(17-33-25)20-7-4-8-21(15-20)28(30)31)14-11-18-9-12-22(13-10-18)32-16-19-5-2-1-3-6-19/h1-15,17H,16H2,(H,26,27,29). The van der Waals surface area contributed by atoms with Crippen LogP contribution in [0, 0.1) is 10.1 Å². The molecule has 3 aromatic carbocycles. The van der Waals surface area contributed by atoms with Crippen LogP contribution in [0.1, 0.15) is 11.1 Å². The molecule has 0 saturated heterocycles. The molecule has 4 rings (SSSR count). The van der Waals surface area contributed by atoms with Crippen molar-refractivity contribution in [3.05, 3.63) is 112 Å². The Kier molecular flexibility index (Phi) is 6.87. The maximum atomic E-state index is 12.3. The monoisotopic (exact) mass is 457 g/mol. The third-order valence-corrected chi connectivity index (χ3v) is 5.40. The molecule has 4 aromatic rings. The van der Waals surface area contributed by atoms with Gasteiger partial charge in [0.05, 0.1) is 10.6 Å². The van der Waals surface area contributed by atoms with E-state index in [9.17, 15) is 14.9 Å². The van der Waals surface area contributed by atoms with Gasteiger partial charge in [0.25, 0.3) is 5.69 Å². The quantitative estimate of drug-likeness (QED) is 0.200. The van der Waals surface area contributed by atoms with E-state index < -0.39 is 4.92 Å². The molecule has 1 N–H and O–H groups in total. The lowest BCUT2D eigenvalue weighted by atomic mass is 10.1. The van der Waals surface area contributed by atoms with Gasteiger partial charge in [-0.05, 0) is 29.3 Å². The number of hydrogen-bond acceptors (Lipinski definition) is 6. The average molecular weight is 458 g/mol. The molecule has 0 atom stereocenters. The lowest BCUT2D eigenvalue weighted by Crippen LogP contribution is -2.07. The fraction of sp³-hybridized carbons (Fsp3) is 0.0400. The highest BCUT2D eigenvalue weighted by Gasteiger charge is 2.10. The van der Waals surface area contributed by atoms with Crippen molar-refractivity contribution >= 4 is 34.1 Å². The van der Waals surface area contributed by atoms with Gasteiger partial charge in [-0.1, -0.05) is 54.6 Å². The molecule has 164 valence electrons. The Bertz CT molecular complexity index is 1280. The van der Waals surface area contributed by atoms with Crippen LogP contribution in [0.3, 0.4) is 0 Å². The molecular weight excluding hydrogens is 438 g/mol. The summed E-state index contributed by atoms with van der Waals surface area (Å²) in [5, 5.41) is 15.8. The number of nitrogens with one attached hydrogen (secondary N) is 1. The number of ether oxygens (including phenoxy) is 1. The third-order valence-electron chi connectivity index (χ3n) is 4.64. The highest BCUT2D eigenvalue weighted by molar-refractivity contribution is 7.14. The number of hydrogen-bond donors (Lipinski definition) is 1. The lowest BCUT2D eigenvalue weighted by Gasteiger charge is -2.06. The van der Waals surface area contributed by atoms with Gasteiger partial charge in [-0.2, -0.15) is 0 Å². The summed E-state index contributed by atoms with van der Waals surface area (Å²) in [6.07, 6.45) is 3.12. The number of nitro groups is 1. The Morgan fingerprint density at radius 1 is 1.06 bits per heavy atom. The first-order valence-corrected chi connectivity index (χ1v) is 10.9. The molecule has 0 fully saturated rings. The van der Waals surface area contributed by atoms with Crippen molar-refractivity contribution < 1.29 is 14.5 Å². The number of aromatic nitrogens is 1. The van der Waals surface area contributed by atoms with Crippen LogP contribution in [0.5, 0.6) is 5.75 Å². The maximum Gasteiger partial charge on any atom is 0.270 e. The number of rotatable bonds is 8. The van der Waals surface area contributed by atoms with E-state index in [-0.39, 0.29) is 11.6 Å². The zero-order chi connectivity index (χ0) is 23.0. The van der Waals surface area contributed by atoms with E-state index in [0.29, 0.717) is 23.0 Å². The Labute approximate surface area is 194 Å². The minimum Gasteiger partial charge on any atom is -0.489 e. The van der Waals surface area contributed by atoms with Crippen molar-refractivity contribution in [2.45, 2.75) is 6.61 Å². The molecule has 0 aliphatic carbocycles. The van der Waals surface area contributed by atoms with Crippen LogP contribution < -0.4 is 10.1 Å². The second kappa shape index (κ2) is 10.3. The first-order chi connectivity index (χ1) is 16.1. The first kappa shape index (κ1) is 21.9. The van der Waals surface area contributed by atoms with Crippen LogP contribution in [0.25, 0.3) is 17.3 Å². The molecule has 0 spiro atoms. The smallest absolute Gasteiger partial charge is 0.270 e. The van der Waals surface area contributed by atoms with Crippen molar-refractivity contribution in [1.82, 2.24) is 4.98 Å². The van der Waals surface area contributed by atoms with E-state index in [0.717, 1.165) is 16.9 Å². The molecule has 0 bridgehead atoms. The fourth-order valence-electron chi connectivity index (χ4n) is 2.98. The van der Waals surface area contributed by atoms with E-state index in [1.54, 1.807) is 23.6 Å². The third kappa shape index (κ3) is 6.11. The molecule has 7 nitrogen and oxygen atoms in total. The van der Waals surface area contributed by atoms with Crippen molar-refractivity contribution in [3.63, 3.8) is 0 Å². The van der Waals surface area contributed by atoms with Gasteiger partial charge in [-0.25, -0.2) is 4.98 Å². The van der Waals surface area contributed by atoms with Gasteiger partial charge in [-0.15, -0.1) is 11.3 Å². The van der Waals surface area contributed by atoms with E-state index in [2.05, 4.69) is 10.3 Å². The Morgan fingerprint density at radius 3 is 2.61 bits per heavy atom. The zero-order valence-electron chi connectivity index (χ0n) is 17.4. The Hall–Kier alpha value is -4.30. The summed E-state index contributed by atoms with van der Waals surface area (Å²) < 4.78 is 5.76. The number of non-ortho nitro benzene ring substituents is 1. The summed E-state index contributed by atoms with van der Waals surface area (Å²) in [5.41, 5.74) is 3.12. The highest BCUT2D eigenvalue weighted by atomic mass is 32.1. The van der Waals surface area contributed by atoms with Crippen LogP contribution in [-0.2, 0) is 11.4 Å². The van der Waals surface area contributed by atoms with E-state index in [1.165, 1.54) is 29.5 Å². The fourth-order valence-corrected chi connectivity index (χ4v) is 3.70. The van der Waals surface area contributed by atoms with Crippen molar-refractivity contribution in [3.8, 4) is 17.0 Å². The van der Waals surface area contributed by atoms with Crippen LogP contribution >= 0.6 is 11.3 Å². The number of carbonyl (C=O) groups excluding carboxylic acids is 1. The number of anilines is 1. The summed E-state index contributed by atoms with van der Waals surface area (Å²) in [5.74, 6) is 0.427. The number of thiazole rings is 1. The van der Waals surface area contributed by atoms with Gasteiger partial charge in [0.15, 0.2) is 5.13 Å². The molecule has 0 aliphatic rings. The number of nitrogens with zero attached hydrogens (tertiary/aromatic N) is 2. The molecule has 8 heteroatoms. The predicted octanol–water partition coefficient (Wildman–Crippen LogP) is 5.95. The summed E-state index contributed by atoms with van der Waals surface area (Å²) in [7, 11) is 0. The molecule has 0 saturated carbocycles. The van der Waals surface area contributed by atoms with Crippen LogP contribution in [0.4, 0.5) is 10.8 Å². The molecule has 33 heavy (non-hydrogen) atoms. The first-order valence-electron chi connectivity index (χ1n) is 10.0. The molecule has 0 unspecified atom stereocenters. The largest absolute Gasteiger partial charge is 0.489 e. The van der Waals surface area contributed by atoms with Gasteiger partial charge >= 0.3 is 0 Å². The van der Waals surface area contributed by atoms with Crippen LogP contribution in [-0.4, -0.2) is 15.8 Å². The van der Waals surface area contributed by atoms with Crippen LogP contribution in [0.2, 0.25) is 0 Å².